The number of fused-ring (bicyclic) bond motifs is 1. The molecule has 0 unspecified atom stereocenters. The molecule has 4 rings (SSSR count). The van der Waals surface area contributed by atoms with Gasteiger partial charge in [0, 0.05) is 19.3 Å². The molecule has 1 aromatic rings. The summed E-state index contributed by atoms with van der Waals surface area (Å²) >= 11 is 0. The third-order valence-electron chi connectivity index (χ3n) is 4.71. The zero-order chi connectivity index (χ0) is 18.8. The summed E-state index contributed by atoms with van der Waals surface area (Å²) in [6, 6.07) is 4.92. The van der Waals surface area contributed by atoms with Crippen molar-refractivity contribution in [3.8, 4) is 5.75 Å². The van der Waals surface area contributed by atoms with Gasteiger partial charge in [0.25, 0.3) is 0 Å². The molecule has 0 N–H and O–H groups in total. The Bertz CT molecular complexity index is 842. The number of amidine groups is 2. The maximum atomic E-state index is 14.2. The van der Waals surface area contributed by atoms with Gasteiger partial charge in [0.05, 0.1) is 19.9 Å². The molecule has 3 aliphatic rings. The Morgan fingerprint density at radius 3 is 2.74 bits per heavy atom. The summed E-state index contributed by atoms with van der Waals surface area (Å²) in [6.07, 6.45) is 5.62. The van der Waals surface area contributed by atoms with Crippen LogP contribution >= 0.6 is 0 Å². The molecule has 1 aromatic carbocycles. The Morgan fingerprint density at radius 1 is 1.22 bits per heavy atom. The lowest BCUT2D eigenvalue weighted by Gasteiger charge is -2.33. The summed E-state index contributed by atoms with van der Waals surface area (Å²) < 4.78 is 24.8. The van der Waals surface area contributed by atoms with E-state index in [0.29, 0.717) is 19.0 Å². The standard InChI is InChI=1S/C20H23FN4O2/c1-3-24-10-17-20(25(4-2)13-24)23-19(22-17)8-6-14-5-7-18(16(21)9-14)27-15-11-26-12-15/h5-10,15H,3-4,11-13H2,1-2H3/b8-6+. The van der Waals surface area contributed by atoms with Crippen molar-refractivity contribution in [2.75, 3.05) is 33.0 Å². The number of benzene rings is 1. The van der Waals surface area contributed by atoms with Gasteiger partial charge < -0.3 is 19.3 Å². The number of likely N-dealkylation sites (N-methyl/N-ethyl adjacent to an activating group) is 1. The highest BCUT2D eigenvalue weighted by Crippen LogP contribution is 2.23. The molecule has 0 atom stereocenters. The maximum Gasteiger partial charge on any atom is 0.165 e. The van der Waals surface area contributed by atoms with Gasteiger partial charge in [0.1, 0.15) is 11.8 Å². The Labute approximate surface area is 158 Å². The van der Waals surface area contributed by atoms with Gasteiger partial charge in [-0.1, -0.05) is 12.1 Å². The van der Waals surface area contributed by atoms with Crippen LogP contribution in [-0.2, 0) is 4.74 Å². The predicted molar refractivity (Wildman–Crippen MR) is 103 cm³/mol. The first kappa shape index (κ1) is 17.7. The average Bonchev–Trinajstić information content (AvgIpc) is 3.06. The van der Waals surface area contributed by atoms with Crippen molar-refractivity contribution in [3.05, 3.63) is 47.6 Å². The number of rotatable bonds is 6. The fourth-order valence-corrected chi connectivity index (χ4v) is 3.05. The molecule has 3 heterocycles. The highest BCUT2D eigenvalue weighted by atomic mass is 19.1. The molecule has 0 aliphatic carbocycles. The molecule has 0 saturated carbocycles. The van der Waals surface area contributed by atoms with Crippen molar-refractivity contribution in [1.82, 2.24) is 9.80 Å². The second kappa shape index (κ2) is 7.52. The summed E-state index contributed by atoms with van der Waals surface area (Å²) in [4.78, 5) is 13.6. The molecule has 0 spiro atoms. The van der Waals surface area contributed by atoms with Crippen molar-refractivity contribution in [2.24, 2.45) is 9.98 Å². The van der Waals surface area contributed by atoms with Crippen LogP contribution in [0.4, 0.5) is 4.39 Å². The van der Waals surface area contributed by atoms with Crippen molar-refractivity contribution in [1.29, 1.82) is 0 Å². The van der Waals surface area contributed by atoms with Crippen molar-refractivity contribution < 1.29 is 13.9 Å². The SMILES string of the molecule is CCN1C=C2N=C(/C=C/c3ccc(OC4COC4)c(F)c3)N=C2N(CC)C1. The van der Waals surface area contributed by atoms with Gasteiger partial charge in [-0.15, -0.1) is 0 Å². The van der Waals surface area contributed by atoms with Crippen molar-refractivity contribution >= 4 is 17.7 Å². The lowest BCUT2D eigenvalue weighted by atomic mass is 10.2. The molecule has 1 saturated heterocycles. The van der Waals surface area contributed by atoms with E-state index in [2.05, 4.69) is 33.6 Å². The Morgan fingerprint density at radius 2 is 2.07 bits per heavy atom. The first-order valence-corrected chi connectivity index (χ1v) is 9.27. The molecule has 27 heavy (non-hydrogen) atoms. The van der Waals surface area contributed by atoms with E-state index >= 15 is 0 Å². The monoisotopic (exact) mass is 370 g/mol. The van der Waals surface area contributed by atoms with Crippen LogP contribution in [0.1, 0.15) is 19.4 Å². The fraction of sp³-hybridized carbons (Fsp3) is 0.400. The zero-order valence-electron chi connectivity index (χ0n) is 15.6. The predicted octanol–water partition coefficient (Wildman–Crippen LogP) is 2.88. The maximum absolute atomic E-state index is 14.2. The van der Waals surface area contributed by atoms with Gasteiger partial charge in [0.15, 0.2) is 23.2 Å². The van der Waals surface area contributed by atoms with Gasteiger partial charge in [-0.25, -0.2) is 14.4 Å². The van der Waals surface area contributed by atoms with Gasteiger partial charge in [0.2, 0.25) is 0 Å². The summed E-state index contributed by atoms with van der Waals surface area (Å²) in [5, 5.41) is 0. The highest BCUT2D eigenvalue weighted by Gasteiger charge is 2.26. The van der Waals surface area contributed by atoms with E-state index in [0.717, 1.165) is 36.9 Å². The number of hydrogen-bond acceptors (Lipinski definition) is 6. The van der Waals surface area contributed by atoms with E-state index in [1.165, 1.54) is 6.07 Å². The zero-order valence-corrected chi connectivity index (χ0v) is 15.6. The molecule has 1 fully saturated rings. The molecule has 0 bridgehead atoms. The highest BCUT2D eigenvalue weighted by molar-refractivity contribution is 6.16. The third-order valence-corrected chi connectivity index (χ3v) is 4.71. The van der Waals surface area contributed by atoms with Gasteiger partial charge in [-0.05, 0) is 37.6 Å². The van der Waals surface area contributed by atoms with Crippen LogP contribution in [0.2, 0.25) is 0 Å². The van der Waals surface area contributed by atoms with Crippen LogP contribution in [0.5, 0.6) is 5.75 Å². The van der Waals surface area contributed by atoms with E-state index in [-0.39, 0.29) is 17.7 Å². The largest absolute Gasteiger partial charge is 0.483 e. The van der Waals surface area contributed by atoms with E-state index in [9.17, 15) is 4.39 Å². The molecule has 6 nitrogen and oxygen atoms in total. The van der Waals surface area contributed by atoms with Crippen LogP contribution in [0, 0.1) is 5.82 Å². The minimum atomic E-state index is -0.379. The van der Waals surface area contributed by atoms with Gasteiger partial charge in [-0.3, -0.25) is 0 Å². The molecule has 0 aromatic heterocycles. The number of hydrogen-bond donors (Lipinski definition) is 0. The van der Waals surface area contributed by atoms with Crippen LogP contribution in [0.3, 0.4) is 0 Å². The topological polar surface area (TPSA) is 49.7 Å². The first-order valence-electron chi connectivity index (χ1n) is 9.27. The second-order valence-corrected chi connectivity index (χ2v) is 6.62. The van der Waals surface area contributed by atoms with E-state index in [1.54, 1.807) is 6.07 Å². The molecular formula is C20H23FN4O2. The molecule has 142 valence electrons. The molecule has 0 radical (unpaired) electrons. The summed E-state index contributed by atoms with van der Waals surface area (Å²) in [5.74, 6) is 1.41. The van der Waals surface area contributed by atoms with Crippen molar-refractivity contribution in [2.45, 2.75) is 20.0 Å². The quantitative estimate of drug-likeness (QED) is 0.773. The number of nitrogens with zero attached hydrogens (tertiary/aromatic N) is 4. The third kappa shape index (κ3) is 3.73. The van der Waals surface area contributed by atoms with Crippen LogP contribution in [0.25, 0.3) is 6.08 Å². The van der Waals surface area contributed by atoms with Crippen LogP contribution in [0.15, 0.2) is 46.2 Å². The Kier molecular flexibility index (Phi) is 4.94. The lowest BCUT2D eigenvalue weighted by Crippen LogP contribution is -2.43. The normalized spacial score (nSPS) is 19.6. The van der Waals surface area contributed by atoms with E-state index in [1.807, 2.05) is 24.4 Å². The van der Waals surface area contributed by atoms with Gasteiger partial charge >= 0.3 is 0 Å². The van der Waals surface area contributed by atoms with Crippen LogP contribution < -0.4 is 4.74 Å². The summed E-state index contributed by atoms with van der Waals surface area (Å²) in [6.45, 7) is 7.87. The molecular weight excluding hydrogens is 347 g/mol. The minimum Gasteiger partial charge on any atom is -0.483 e. The molecule has 0 amide bonds. The van der Waals surface area contributed by atoms with E-state index < -0.39 is 0 Å². The average molecular weight is 370 g/mol. The Balaban J connectivity index is 1.48. The lowest BCUT2D eigenvalue weighted by molar-refractivity contribution is -0.0808. The first-order chi connectivity index (χ1) is 13.2. The summed E-state index contributed by atoms with van der Waals surface area (Å²) in [7, 11) is 0. The van der Waals surface area contributed by atoms with Crippen LogP contribution in [-0.4, -0.2) is 60.5 Å². The Hall–Kier alpha value is -2.67. The molecule has 3 aliphatic heterocycles. The number of halogens is 1. The van der Waals surface area contributed by atoms with Crippen molar-refractivity contribution in [3.63, 3.8) is 0 Å². The van der Waals surface area contributed by atoms with Gasteiger partial charge in [-0.2, -0.15) is 0 Å². The second-order valence-electron chi connectivity index (χ2n) is 6.62. The fourth-order valence-electron chi connectivity index (χ4n) is 3.05. The minimum absolute atomic E-state index is 0.0506. The summed E-state index contributed by atoms with van der Waals surface area (Å²) in [5.41, 5.74) is 1.61. The number of ether oxygens (including phenoxy) is 2. The smallest absolute Gasteiger partial charge is 0.165 e. The van der Waals surface area contributed by atoms with E-state index in [4.69, 9.17) is 9.47 Å². The number of aliphatic imine (C=N–C) groups is 2. The molecule has 7 heteroatoms.